The van der Waals surface area contributed by atoms with Crippen LogP contribution in [-0.2, 0) is 9.47 Å². The third kappa shape index (κ3) is 3.35. The average Bonchev–Trinajstić information content (AvgIpc) is 2.72. The van der Waals surface area contributed by atoms with Crippen LogP contribution in [0.2, 0.25) is 0 Å². The fraction of sp³-hybridized carbons (Fsp3) is 0.0909. The molecule has 0 aliphatic heterocycles. The van der Waals surface area contributed by atoms with Crippen LogP contribution in [0.15, 0.2) is 72.8 Å². The molecule has 4 heteroatoms. The van der Waals surface area contributed by atoms with Gasteiger partial charge in [0.15, 0.2) is 0 Å². The minimum atomic E-state index is -0.508. The molecule has 0 N–H and O–H groups in total. The Labute approximate surface area is 152 Å². The Kier molecular flexibility index (Phi) is 5.13. The molecule has 0 heterocycles. The quantitative estimate of drug-likeness (QED) is 0.648. The molecule has 0 amide bonds. The minimum Gasteiger partial charge on any atom is -0.465 e. The summed E-state index contributed by atoms with van der Waals surface area (Å²) < 4.78 is 9.82. The third-order valence-electron chi connectivity index (χ3n) is 4.11. The van der Waals surface area contributed by atoms with Crippen molar-refractivity contribution in [1.82, 2.24) is 0 Å². The lowest BCUT2D eigenvalue weighted by Crippen LogP contribution is -2.09. The molecule has 0 aliphatic rings. The maximum Gasteiger partial charge on any atom is 0.338 e. The molecule has 0 aliphatic carbocycles. The van der Waals surface area contributed by atoms with E-state index in [1.165, 1.54) is 20.3 Å². The van der Waals surface area contributed by atoms with Crippen LogP contribution >= 0.6 is 0 Å². The number of methoxy groups -OCH3 is 2. The normalized spacial score (nSPS) is 10.2. The second kappa shape index (κ2) is 7.66. The molecule has 0 saturated heterocycles. The first kappa shape index (κ1) is 17.4. The molecule has 0 atom stereocenters. The number of carbonyl (C=O) groups is 2. The Morgan fingerprint density at radius 2 is 1.23 bits per heavy atom. The molecule has 0 radical (unpaired) electrons. The van der Waals surface area contributed by atoms with Gasteiger partial charge in [-0.1, -0.05) is 60.7 Å². The molecule has 3 aromatic carbocycles. The zero-order valence-corrected chi connectivity index (χ0v) is 14.6. The van der Waals surface area contributed by atoms with Gasteiger partial charge in [0.05, 0.1) is 25.3 Å². The zero-order chi connectivity index (χ0) is 18.5. The Hall–Kier alpha value is -3.40. The molecule has 0 spiro atoms. The Balaban J connectivity index is 2.38. The zero-order valence-electron chi connectivity index (χ0n) is 14.6. The topological polar surface area (TPSA) is 52.6 Å². The van der Waals surface area contributed by atoms with Crippen molar-refractivity contribution >= 4 is 11.9 Å². The summed E-state index contributed by atoms with van der Waals surface area (Å²) in [6.45, 7) is 0. The van der Waals surface area contributed by atoms with Crippen molar-refractivity contribution in [3.63, 3.8) is 0 Å². The summed E-state index contributed by atoms with van der Waals surface area (Å²) in [5.74, 6) is -1.02. The molecule has 0 saturated carbocycles. The van der Waals surface area contributed by atoms with E-state index in [1.54, 1.807) is 6.07 Å². The van der Waals surface area contributed by atoms with Crippen LogP contribution in [0.5, 0.6) is 0 Å². The summed E-state index contributed by atoms with van der Waals surface area (Å²) in [5.41, 5.74) is 3.86. The smallest absolute Gasteiger partial charge is 0.338 e. The van der Waals surface area contributed by atoms with Crippen LogP contribution in [-0.4, -0.2) is 26.2 Å². The van der Waals surface area contributed by atoms with Gasteiger partial charge in [0, 0.05) is 5.56 Å². The van der Waals surface area contributed by atoms with Gasteiger partial charge in [-0.25, -0.2) is 9.59 Å². The van der Waals surface area contributed by atoms with Crippen molar-refractivity contribution < 1.29 is 19.1 Å². The number of rotatable bonds is 4. The van der Waals surface area contributed by atoms with E-state index >= 15 is 0 Å². The summed E-state index contributed by atoms with van der Waals surface area (Å²) in [4.78, 5) is 24.6. The van der Waals surface area contributed by atoms with Crippen molar-refractivity contribution in [1.29, 1.82) is 0 Å². The highest BCUT2D eigenvalue weighted by molar-refractivity contribution is 6.05. The van der Waals surface area contributed by atoms with Crippen LogP contribution in [0.3, 0.4) is 0 Å². The van der Waals surface area contributed by atoms with Crippen LogP contribution < -0.4 is 0 Å². The highest BCUT2D eigenvalue weighted by Crippen LogP contribution is 2.36. The lowest BCUT2D eigenvalue weighted by atomic mass is 9.88. The number of hydrogen-bond acceptors (Lipinski definition) is 4. The number of hydrogen-bond donors (Lipinski definition) is 0. The van der Waals surface area contributed by atoms with Gasteiger partial charge in [0.25, 0.3) is 0 Å². The van der Waals surface area contributed by atoms with E-state index in [2.05, 4.69) is 0 Å². The largest absolute Gasteiger partial charge is 0.465 e. The van der Waals surface area contributed by atoms with Crippen LogP contribution in [0.25, 0.3) is 22.3 Å². The fourth-order valence-electron chi connectivity index (χ4n) is 2.91. The monoisotopic (exact) mass is 346 g/mol. The highest BCUT2D eigenvalue weighted by Gasteiger charge is 2.22. The Morgan fingerprint density at radius 3 is 1.77 bits per heavy atom. The maximum absolute atomic E-state index is 12.5. The van der Waals surface area contributed by atoms with E-state index in [4.69, 9.17) is 9.47 Å². The van der Waals surface area contributed by atoms with E-state index in [0.29, 0.717) is 11.1 Å². The third-order valence-corrected chi connectivity index (χ3v) is 4.11. The van der Waals surface area contributed by atoms with E-state index in [-0.39, 0.29) is 0 Å². The summed E-state index contributed by atoms with van der Waals surface area (Å²) in [5, 5.41) is 0. The second-order valence-corrected chi connectivity index (χ2v) is 5.66. The van der Waals surface area contributed by atoms with E-state index in [1.807, 2.05) is 60.7 Å². The lowest BCUT2D eigenvalue weighted by Gasteiger charge is -2.16. The Bertz CT molecular complexity index is 931. The minimum absolute atomic E-state index is 0.298. The number of carbonyl (C=O) groups excluding carboxylic acids is 2. The van der Waals surface area contributed by atoms with Gasteiger partial charge in [-0.2, -0.15) is 0 Å². The van der Waals surface area contributed by atoms with Gasteiger partial charge in [0.1, 0.15) is 0 Å². The maximum atomic E-state index is 12.5. The molecular weight excluding hydrogens is 328 g/mol. The van der Waals surface area contributed by atoms with Crippen molar-refractivity contribution in [2.45, 2.75) is 0 Å². The van der Waals surface area contributed by atoms with Crippen molar-refractivity contribution in [3.05, 3.63) is 83.9 Å². The predicted octanol–water partition coefficient (Wildman–Crippen LogP) is 4.59. The molecule has 26 heavy (non-hydrogen) atoms. The molecule has 0 unspecified atom stereocenters. The molecule has 3 rings (SSSR count). The van der Waals surface area contributed by atoms with Crippen LogP contribution in [0.1, 0.15) is 20.7 Å². The van der Waals surface area contributed by atoms with Gasteiger partial charge in [-0.3, -0.25) is 0 Å². The Morgan fingerprint density at radius 1 is 0.692 bits per heavy atom. The first-order chi connectivity index (χ1) is 12.7. The molecule has 0 fully saturated rings. The molecule has 3 aromatic rings. The summed E-state index contributed by atoms with van der Waals surface area (Å²) in [7, 11) is 2.64. The number of benzene rings is 3. The van der Waals surface area contributed by atoms with Crippen molar-refractivity contribution in [2.75, 3.05) is 14.2 Å². The predicted molar refractivity (Wildman–Crippen MR) is 100.0 cm³/mol. The van der Waals surface area contributed by atoms with E-state index in [0.717, 1.165) is 22.3 Å². The standard InChI is InChI=1S/C22H18O4/c1-25-21(23)17-13-18(15-9-5-3-6-10-15)20(16-11-7-4-8-12-16)19(14-17)22(24)26-2/h3-14H,1-2H3. The lowest BCUT2D eigenvalue weighted by molar-refractivity contribution is 0.0600. The van der Waals surface area contributed by atoms with Crippen LogP contribution in [0.4, 0.5) is 0 Å². The molecular formula is C22H18O4. The highest BCUT2D eigenvalue weighted by atomic mass is 16.5. The summed E-state index contributed by atoms with van der Waals surface area (Å²) in [6.07, 6.45) is 0. The van der Waals surface area contributed by atoms with Gasteiger partial charge >= 0.3 is 11.9 Å². The molecule has 4 nitrogen and oxygen atoms in total. The van der Waals surface area contributed by atoms with E-state index in [9.17, 15) is 9.59 Å². The molecule has 0 aromatic heterocycles. The summed E-state index contributed by atoms with van der Waals surface area (Å²) in [6, 6.07) is 22.4. The van der Waals surface area contributed by atoms with Gasteiger partial charge in [-0.05, 0) is 28.8 Å². The molecule has 0 bridgehead atoms. The number of ether oxygens (including phenoxy) is 2. The van der Waals surface area contributed by atoms with E-state index < -0.39 is 11.9 Å². The van der Waals surface area contributed by atoms with Crippen LogP contribution in [0, 0.1) is 0 Å². The van der Waals surface area contributed by atoms with Crippen molar-refractivity contribution in [3.8, 4) is 22.3 Å². The second-order valence-electron chi connectivity index (χ2n) is 5.66. The SMILES string of the molecule is COC(=O)c1cc(C(=O)OC)c(-c2ccccc2)c(-c2ccccc2)c1. The van der Waals surface area contributed by atoms with Gasteiger partial charge in [-0.15, -0.1) is 0 Å². The molecule has 130 valence electrons. The van der Waals surface area contributed by atoms with Gasteiger partial charge < -0.3 is 9.47 Å². The average molecular weight is 346 g/mol. The fourth-order valence-corrected chi connectivity index (χ4v) is 2.91. The first-order valence-corrected chi connectivity index (χ1v) is 8.11. The van der Waals surface area contributed by atoms with Crippen molar-refractivity contribution in [2.24, 2.45) is 0 Å². The van der Waals surface area contributed by atoms with Gasteiger partial charge in [0.2, 0.25) is 0 Å². The first-order valence-electron chi connectivity index (χ1n) is 8.11. The summed E-state index contributed by atoms with van der Waals surface area (Å²) >= 11 is 0. The number of esters is 2.